The summed E-state index contributed by atoms with van der Waals surface area (Å²) in [6.45, 7) is 0. The number of H-pyrrole nitrogens is 1. The van der Waals surface area contributed by atoms with Crippen LogP contribution in [-0.2, 0) is 0 Å². The molecule has 72 valence electrons. The lowest BCUT2D eigenvalue weighted by atomic mass is 10.2. The van der Waals surface area contributed by atoms with E-state index >= 15 is 0 Å². The summed E-state index contributed by atoms with van der Waals surface area (Å²) in [5, 5.41) is -0.0806. The van der Waals surface area contributed by atoms with Crippen molar-refractivity contribution in [2.75, 3.05) is 0 Å². The smallest absolute Gasteiger partial charge is 0.259 e. The molecular weight excluding hydrogens is 305 g/mol. The minimum Gasteiger partial charge on any atom is -0.301 e. The van der Waals surface area contributed by atoms with Gasteiger partial charge in [0.1, 0.15) is 11.3 Å². The highest BCUT2D eigenvalue weighted by Gasteiger charge is 2.09. The van der Waals surface area contributed by atoms with Crippen molar-refractivity contribution in [2.24, 2.45) is 0 Å². The summed E-state index contributed by atoms with van der Waals surface area (Å²) >= 11 is 1.75. The molecule has 2 rings (SSSR count). The van der Waals surface area contributed by atoms with E-state index in [9.17, 15) is 13.6 Å². The largest absolute Gasteiger partial charge is 0.301 e. The number of hydrogen-bond donors (Lipinski definition) is 1. The molecule has 0 fully saturated rings. The molecule has 0 aliphatic heterocycles. The van der Waals surface area contributed by atoms with E-state index in [1.165, 1.54) is 0 Å². The molecule has 1 aromatic carbocycles. The van der Waals surface area contributed by atoms with Gasteiger partial charge in [-0.1, -0.05) is 0 Å². The fourth-order valence-electron chi connectivity index (χ4n) is 1.14. The van der Waals surface area contributed by atoms with Gasteiger partial charge in [-0.05, 0) is 28.7 Å². The molecule has 14 heavy (non-hydrogen) atoms. The van der Waals surface area contributed by atoms with Gasteiger partial charge >= 0.3 is 0 Å². The van der Waals surface area contributed by atoms with Crippen LogP contribution < -0.4 is 5.56 Å². The molecule has 0 saturated heterocycles. The second-order valence-electron chi connectivity index (χ2n) is 2.64. The van der Waals surface area contributed by atoms with Gasteiger partial charge in [-0.2, -0.15) is 0 Å². The Morgan fingerprint density at radius 2 is 2.07 bits per heavy atom. The molecule has 1 heterocycles. The third kappa shape index (κ3) is 1.49. The molecule has 2 aromatic rings. The summed E-state index contributed by atoms with van der Waals surface area (Å²) in [6, 6.07) is 1.66. The first kappa shape index (κ1) is 9.50. The van der Waals surface area contributed by atoms with Crippen molar-refractivity contribution in [2.45, 2.75) is 0 Å². The zero-order valence-electron chi connectivity index (χ0n) is 6.64. The van der Waals surface area contributed by atoms with Gasteiger partial charge in [0, 0.05) is 6.07 Å². The third-order valence-corrected chi connectivity index (χ3v) is 2.21. The first-order valence-electron chi connectivity index (χ1n) is 3.62. The molecule has 0 saturated carbocycles. The number of nitrogens with zero attached hydrogens (tertiary/aromatic N) is 1. The molecule has 0 atom stereocenters. The molecule has 3 nitrogen and oxygen atoms in total. The van der Waals surface area contributed by atoms with Crippen LogP contribution in [-0.4, -0.2) is 9.97 Å². The summed E-state index contributed by atoms with van der Waals surface area (Å²) in [5.41, 5.74) is -0.655. The lowest BCUT2D eigenvalue weighted by molar-refractivity contribution is 0.589. The summed E-state index contributed by atoms with van der Waals surface area (Å²) in [7, 11) is 0. The van der Waals surface area contributed by atoms with Crippen LogP contribution in [0.2, 0.25) is 0 Å². The second-order valence-corrected chi connectivity index (χ2v) is 3.66. The van der Waals surface area contributed by atoms with Crippen molar-refractivity contribution in [3.05, 3.63) is 38.0 Å². The van der Waals surface area contributed by atoms with Gasteiger partial charge in [0.2, 0.25) is 0 Å². The van der Waals surface area contributed by atoms with Gasteiger partial charge in [-0.15, -0.1) is 0 Å². The first-order chi connectivity index (χ1) is 6.58. The first-order valence-corrected chi connectivity index (χ1v) is 4.70. The predicted octanol–water partition coefficient (Wildman–Crippen LogP) is 1.81. The number of nitrogens with one attached hydrogen (secondary N) is 1. The van der Waals surface area contributed by atoms with Crippen LogP contribution in [0.15, 0.2) is 16.9 Å². The quantitative estimate of drug-likeness (QED) is 0.596. The van der Waals surface area contributed by atoms with Gasteiger partial charge in [0.05, 0.1) is 5.39 Å². The number of aromatic amines is 1. The van der Waals surface area contributed by atoms with E-state index in [0.29, 0.717) is 6.07 Å². The SMILES string of the molecule is O=c1[nH]c(I)nc2c(F)cc(F)cc12. The van der Waals surface area contributed by atoms with Crippen molar-refractivity contribution < 1.29 is 8.78 Å². The maximum atomic E-state index is 13.1. The highest BCUT2D eigenvalue weighted by atomic mass is 127. The van der Waals surface area contributed by atoms with Gasteiger partial charge in [0.15, 0.2) is 9.65 Å². The number of aromatic nitrogens is 2. The van der Waals surface area contributed by atoms with Crippen LogP contribution in [0.5, 0.6) is 0 Å². The standard InChI is InChI=1S/C8H3F2IN2O/c9-3-1-4-6(5(10)2-3)12-8(11)13-7(4)14/h1-2H,(H,12,13,14). The Morgan fingerprint density at radius 3 is 2.79 bits per heavy atom. The fraction of sp³-hybridized carbons (Fsp3) is 0. The van der Waals surface area contributed by atoms with E-state index in [1.807, 2.05) is 0 Å². The Balaban J connectivity index is 3.02. The molecule has 6 heteroatoms. The molecule has 0 aliphatic rings. The van der Waals surface area contributed by atoms with Crippen molar-refractivity contribution in [1.29, 1.82) is 0 Å². The molecule has 0 radical (unpaired) electrons. The second kappa shape index (κ2) is 3.26. The minimum atomic E-state index is -0.830. The van der Waals surface area contributed by atoms with E-state index in [2.05, 4.69) is 9.97 Å². The zero-order chi connectivity index (χ0) is 10.3. The maximum Gasteiger partial charge on any atom is 0.259 e. The normalized spacial score (nSPS) is 10.8. The van der Waals surface area contributed by atoms with Gasteiger partial charge < -0.3 is 4.98 Å². The van der Waals surface area contributed by atoms with Crippen LogP contribution >= 0.6 is 22.6 Å². The number of hydrogen-bond acceptors (Lipinski definition) is 2. The molecule has 0 unspecified atom stereocenters. The summed E-state index contributed by atoms with van der Waals surface area (Å²) in [4.78, 5) is 17.4. The van der Waals surface area contributed by atoms with Crippen LogP contribution in [0.25, 0.3) is 10.9 Å². The van der Waals surface area contributed by atoms with Crippen molar-refractivity contribution in [3.63, 3.8) is 0 Å². The Morgan fingerprint density at radius 1 is 1.36 bits per heavy atom. The van der Waals surface area contributed by atoms with Gasteiger partial charge in [-0.3, -0.25) is 4.79 Å². The summed E-state index contributed by atoms with van der Waals surface area (Å²) in [6.07, 6.45) is 0. The summed E-state index contributed by atoms with van der Waals surface area (Å²) in [5.74, 6) is -1.62. The average molecular weight is 308 g/mol. The van der Waals surface area contributed by atoms with Crippen LogP contribution in [0, 0.1) is 15.5 Å². The van der Waals surface area contributed by atoms with E-state index in [1.54, 1.807) is 22.6 Å². The van der Waals surface area contributed by atoms with Crippen LogP contribution in [0.1, 0.15) is 0 Å². The fourth-order valence-corrected chi connectivity index (χ4v) is 1.63. The van der Waals surface area contributed by atoms with Crippen molar-refractivity contribution >= 4 is 33.5 Å². The molecule has 0 spiro atoms. The Hall–Kier alpha value is -1.05. The highest BCUT2D eigenvalue weighted by Crippen LogP contribution is 2.14. The highest BCUT2D eigenvalue weighted by molar-refractivity contribution is 14.1. The summed E-state index contributed by atoms with van der Waals surface area (Å²) < 4.78 is 26.2. The van der Waals surface area contributed by atoms with Crippen molar-refractivity contribution in [1.82, 2.24) is 9.97 Å². The van der Waals surface area contributed by atoms with Gasteiger partial charge in [0.25, 0.3) is 5.56 Å². The Kier molecular flexibility index (Phi) is 2.22. The third-order valence-electron chi connectivity index (χ3n) is 1.70. The minimum absolute atomic E-state index is 0.0806. The maximum absolute atomic E-state index is 13.1. The topological polar surface area (TPSA) is 45.8 Å². The van der Waals surface area contributed by atoms with E-state index < -0.39 is 17.2 Å². The Labute approximate surface area is 90.3 Å². The van der Waals surface area contributed by atoms with Crippen molar-refractivity contribution in [3.8, 4) is 0 Å². The molecule has 0 aliphatic carbocycles. The molecule has 0 bridgehead atoms. The molecule has 1 N–H and O–H groups in total. The number of benzene rings is 1. The number of halogens is 3. The number of fused-ring (bicyclic) bond motifs is 1. The van der Waals surface area contributed by atoms with Gasteiger partial charge in [-0.25, -0.2) is 13.8 Å². The lowest BCUT2D eigenvalue weighted by Gasteiger charge is -1.98. The van der Waals surface area contributed by atoms with Crippen LogP contribution in [0.3, 0.4) is 0 Å². The molecule has 1 aromatic heterocycles. The van der Waals surface area contributed by atoms with E-state index in [-0.39, 0.29) is 14.7 Å². The Bertz CT molecular complexity index is 567. The zero-order valence-corrected chi connectivity index (χ0v) is 8.80. The number of rotatable bonds is 0. The van der Waals surface area contributed by atoms with Crippen LogP contribution in [0.4, 0.5) is 8.78 Å². The molecule has 0 amide bonds. The molecular formula is C8H3F2IN2O. The van der Waals surface area contributed by atoms with E-state index in [0.717, 1.165) is 6.07 Å². The average Bonchev–Trinajstić information content (AvgIpc) is 2.07. The monoisotopic (exact) mass is 308 g/mol. The predicted molar refractivity (Wildman–Crippen MR) is 55.0 cm³/mol. The van der Waals surface area contributed by atoms with E-state index in [4.69, 9.17) is 0 Å². The lowest BCUT2D eigenvalue weighted by Crippen LogP contribution is -2.11.